The molecule has 2 heterocycles. The Kier molecular flexibility index (Phi) is 3.83. The van der Waals surface area contributed by atoms with Crippen LogP contribution >= 0.6 is 0 Å². The number of nitrogens with one attached hydrogen (secondary N) is 1. The molecule has 21 heavy (non-hydrogen) atoms. The quantitative estimate of drug-likeness (QED) is 0.639. The van der Waals surface area contributed by atoms with Gasteiger partial charge in [-0.1, -0.05) is 0 Å². The first-order valence-electron chi connectivity index (χ1n) is 6.07. The van der Waals surface area contributed by atoms with Crippen molar-refractivity contribution in [1.82, 2.24) is 14.8 Å². The zero-order valence-corrected chi connectivity index (χ0v) is 11.3. The second-order valence-corrected chi connectivity index (χ2v) is 4.58. The third-order valence-corrected chi connectivity index (χ3v) is 2.70. The summed E-state index contributed by atoms with van der Waals surface area (Å²) >= 11 is 0. The highest BCUT2D eigenvalue weighted by atomic mass is 16.6. The van der Waals surface area contributed by atoms with Crippen molar-refractivity contribution in [1.29, 1.82) is 0 Å². The van der Waals surface area contributed by atoms with E-state index in [4.69, 9.17) is 5.11 Å². The lowest BCUT2D eigenvalue weighted by Gasteiger charge is -2.05. The molecule has 9 heteroatoms. The predicted molar refractivity (Wildman–Crippen MR) is 73.7 cm³/mol. The highest BCUT2D eigenvalue weighted by Crippen LogP contribution is 2.26. The van der Waals surface area contributed by atoms with E-state index < -0.39 is 16.6 Å². The fourth-order valence-corrected chi connectivity index (χ4v) is 1.63. The molecule has 2 N–H and O–H groups in total. The van der Waals surface area contributed by atoms with Gasteiger partial charge in [0, 0.05) is 24.5 Å². The summed E-state index contributed by atoms with van der Waals surface area (Å²) in [6.45, 7) is 3.89. The van der Waals surface area contributed by atoms with Crippen molar-refractivity contribution in [2.24, 2.45) is 0 Å². The molecular formula is C12H13N5O4. The number of aromatic nitrogens is 3. The van der Waals surface area contributed by atoms with Crippen LogP contribution in [0.2, 0.25) is 0 Å². The molecule has 110 valence electrons. The fourth-order valence-electron chi connectivity index (χ4n) is 1.63. The summed E-state index contributed by atoms with van der Waals surface area (Å²) in [6, 6.07) is 1.11. The van der Waals surface area contributed by atoms with Crippen LogP contribution in [0.4, 0.5) is 17.2 Å². The Labute approximate surface area is 119 Å². The third kappa shape index (κ3) is 3.14. The number of pyridine rings is 1. The Hall–Kier alpha value is -2.97. The topological polar surface area (TPSA) is 123 Å². The molecular weight excluding hydrogens is 278 g/mol. The van der Waals surface area contributed by atoms with Gasteiger partial charge in [0.25, 0.3) is 0 Å². The van der Waals surface area contributed by atoms with Crippen molar-refractivity contribution >= 4 is 23.2 Å². The summed E-state index contributed by atoms with van der Waals surface area (Å²) in [5.74, 6) is -1.31. The van der Waals surface area contributed by atoms with Gasteiger partial charge in [0.05, 0.1) is 22.4 Å². The van der Waals surface area contributed by atoms with Gasteiger partial charge in [-0.15, -0.1) is 0 Å². The predicted octanol–water partition coefficient (Wildman–Crippen LogP) is 2.21. The number of carbonyl (C=O) groups is 1. The van der Waals surface area contributed by atoms with Crippen LogP contribution in [-0.2, 0) is 0 Å². The van der Waals surface area contributed by atoms with E-state index in [0.717, 1.165) is 12.3 Å². The molecule has 0 spiro atoms. The maximum atomic E-state index is 11.0. The van der Waals surface area contributed by atoms with Crippen LogP contribution in [0.1, 0.15) is 30.2 Å². The molecule has 0 aliphatic heterocycles. The molecule has 0 amide bonds. The van der Waals surface area contributed by atoms with Crippen LogP contribution in [0.5, 0.6) is 0 Å². The summed E-state index contributed by atoms with van der Waals surface area (Å²) in [5, 5.41) is 26.7. The molecule has 0 atom stereocenters. The molecule has 0 bridgehead atoms. The van der Waals surface area contributed by atoms with Crippen molar-refractivity contribution in [3.63, 3.8) is 0 Å². The molecule has 0 unspecified atom stereocenters. The Morgan fingerprint density at radius 2 is 2.19 bits per heavy atom. The van der Waals surface area contributed by atoms with Gasteiger partial charge < -0.3 is 10.4 Å². The summed E-state index contributed by atoms with van der Waals surface area (Å²) in [7, 11) is 0. The Bertz CT molecular complexity index is 695. The summed E-state index contributed by atoms with van der Waals surface area (Å²) in [6.07, 6.45) is 4.25. The maximum Gasteiger partial charge on any atom is 0.337 e. The minimum atomic E-state index is -1.27. The van der Waals surface area contributed by atoms with Gasteiger partial charge in [0.2, 0.25) is 5.82 Å². The van der Waals surface area contributed by atoms with Crippen LogP contribution in [0.3, 0.4) is 0 Å². The normalized spacial score (nSPS) is 10.6. The molecule has 0 aliphatic rings. The van der Waals surface area contributed by atoms with Gasteiger partial charge >= 0.3 is 11.7 Å². The fraction of sp³-hybridized carbons (Fsp3) is 0.250. The first-order valence-corrected chi connectivity index (χ1v) is 6.07. The van der Waals surface area contributed by atoms with Gasteiger partial charge in [0.15, 0.2) is 0 Å². The van der Waals surface area contributed by atoms with Gasteiger partial charge in [0.1, 0.15) is 0 Å². The smallest absolute Gasteiger partial charge is 0.337 e. The lowest BCUT2D eigenvalue weighted by atomic mass is 10.2. The van der Waals surface area contributed by atoms with Gasteiger partial charge in [-0.05, 0) is 13.8 Å². The zero-order valence-electron chi connectivity index (χ0n) is 11.3. The van der Waals surface area contributed by atoms with E-state index in [1.807, 2.05) is 13.8 Å². The highest BCUT2D eigenvalue weighted by molar-refractivity contribution is 5.89. The number of aromatic carboxylic acids is 1. The van der Waals surface area contributed by atoms with E-state index in [9.17, 15) is 14.9 Å². The molecule has 2 rings (SSSR count). The standard InChI is InChI=1S/C12H13N5O4/c1-7(2)16-6-9(5-14-16)15-11-10(17(20)21)3-8(4-13-11)12(18)19/h3-7H,1-2H3,(H,13,15)(H,18,19). The van der Waals surface area contributed by atoms with Crippen molar-refractivity contribution in [2.75, 3.05) is 5.32 Å². The van der Waals surface area contributed by atoms with Crippen LogP contribution in [0.15, 0.2) is 24.7 Å². The largest absolute Gasteiger partial charge is 0.478 e. The Morgan fingerprint density at radius 3 is 2.71 bits per heavy atom. The first-order chi connectivity index (χ1) is 9.88. The molecule has 0 radical (unpaired) electrons. The molecule has 2 aromatic heterocycles. The second-order valence-electron chi connectivity index (χ2n) is 4.58. The highest BCUT2D eigenvalue weighted by Gasteiger charge is 2.19. The Balaban J connectivity index is 2.34. The minimum Gasteiger partial charge on any atom is -0.478 e. The second kappa shape index (κ2) is 5.57. The Morgan fingerprint density at radius 1 is 1.48 bits per heavy atom. The van der Waals surface area contributed by atoms with Gasteiger partial charge in [-0.25, -0.2) is 9.78 Å². The molecule has 0 fully saturated rings. The van der Waals surface area contributed by atoms with Crippen molar-refractivity contribution in [2.45, 2.75) is 19.9 Å². The molecule has 0 aromatic carbocycles. The summed E-state index contributed by atoms with van der Waals surface area (Å²) < 4.78 is 1.68. The van der Waals surface area contributed by atoms with Gasteiger partial charge in [-0.3, -0.25) is 14.8 Å². The SMILES string of the molecule is CC(C)n1cc(Nc2ncc(C(=O)O)cc2[N+](=O)[O-])cn1. The van der Waals surface area contributed by atoms with E-state index in [2.05, 4.69) is 15.4 Å². The summed E-state index contributed by atoms with van der Waals surface area (Å²) in [4.78, 5) is 25.0. The number of carboxylic acid groups (broad SMARTS) is 1. The molecule has 0 saturated heterocycles. The first kappa shape index (κ1) is 14.4. The summed E-state index contributed by atoms with van der Waals surface area (Å²) in [5.41, 5.74) is -0.125. The lowest BCUT2D eigenvalue weighted by Crippen LogP contribution is -2.04. The average molecular weight is 291 g/mol. The number of nitro groups is 1. The van der Waals surface area contributed by atoms with E-state index in [0.29, 0.717) is 5.69 Å². The number of hydrogen-bond acceptors (Lipinski definition) is 6. The average Bonchev–Trinajstić information content (AvgIpc) is 2.87. The van der Waals surface area contributed by atoms with Crippen LogP contribution in [0.25, 0.3) is 0 Å². The number of rotatable bonds is 5. The molecule has 0 saturated carbocycles. The van der Waals surface area contributed by atoms with E-state index in [-0.39, 0.29) is 17.4 Å². The number of nitrogens with zero attached hydrogens (tertiary/aromatic N) is 4. The van der Waals surface area contributed by atoms with Crippen molar-refractivity contribution in [3.05, 3.63) is 40.3 Å². The maximum absolute atomic E-state index is 11.0. The van der Waals surface area contributed by atoms with Crippen molar-refractivity contribution < 1.29 is 14.8 Å². The number of carboxylic acids is 1. The minimum absolute atomic E-state index is 0.0340. The van der Waals surface area contributed by atoms with Crippen LogP contribution in [-0.4, -0.2) is 30.8 Å². The third-order valence-electron chi connectivity index (χ3n) is 2.70. The van der Waals surface area contributed by atoms with Crippen LogP contribution in [0, 0.1) is 10.1 Å². The number of hydrogen-bond donors (Lipinski definition) is 2. The number of anilines is 2. The van der Waals surface area contributed by atoms with Crippen molar-refractivity contribution in [3.8, 4) is 0 Å². The van der Waals surface area contributed by atoms with Crippen LogP contribution < -0.4 is 5.32 Å². The molecule has 2 aromatic rings. The van der Waals surface area contributed by atoms with E-state index >= 15 is 0 Å². The molecule has 9 nitrogen and oxygen atoms in total. The van der Waals surface area contributed by atoms with E-state index in [1.54, 1.807) is 10.9 Å². The lowest BCUT2D eigenvalue weighted by molar-refractivity contribution is -0.384. The monoisotopic (exact) mass is 291 g/mol. The van der Waals surface area contributed by atoms with Gasteiger partial charge in [-0.2, -0.15) is 5.10 Å². The van der Waals surface area contributed by atoms with E-state index in [1.165, 1.54) is 6.20 Å². The molecule has 0 aliphatic carbocycles. The zero-order chi connectivity index (χ0) is 15.6.